The lowest BCUT2D eigenvalue weighted by Gasteiger charge is -2.33. The summed E-state index contributed by atoms with van der Waals surface area (Å²) >= 11 is 0. The molecule has 0 bridgehead atoms. The third kappa shape index (κ3) is 5.70. The molecule has 41 heavy (non-hydrogen) atoms. The van der Waals surface area contributed by atoms with E-state index in [1.807, 2.05) is 0 Å². The normalized spacial score (nSPS) is 14.7. The molecule has 0 fully saturated rings. The highest BCUT2D eigenvalue weighted by atomic mass is 31.1. The Morgan fingerprint density at radius 1 is 0.634 bits per heavy atom. The van der Waals surface area contributed by atoms with Crippen LogP contribution in [-0.2, 0) is 0 Å². The van der Waals surface area contributed by atoms with Crippen LogP contribution in [0.5, 0.6) is 11.5 Å². The van der Waals surface area contributed by atoms with Gasteiger partial charge in [-0.3, -0.25) is 0 Å². The van der Waals surface area contributed by atoms with Crippen molar-refractivity contribution >= 4 is 37.1 Å². The van der Waals surface area contributed by atoms with Crippen molar-refractivity contribution in [3.05, 3.63) is 143 Å². The van der Waals surface area contributed by atoms with Gasteiger partial charge in [-0.15, -0.1) is 0 Å². The van der Waals surface area contributed by atoms with E-state index in [1.165, 1.54) is 32.1 Å². The van der Waals surface area contributed by atoms with E-state index in [0.717, 1.165) is 33.8 Å². The lowest BCUT2D eigenvalue weighted by Crippen LogP contribution is -2.25. The second-order valence-corrected chi connectivity index (χ2v) is 15.0. The van der Waals surface area contributed by atoms with Gasteiger partial charge in [0.2, 0.25) is 0 Å². The highest BCUT2D eigenvalue weighted by Crippen LogP contribution is 2.59. The van der Waals surface area contributed by atoms with Gasteiger partial charge in [-0.1, -0.05) is 85.5 Å². The van der Waals surface area contributed by atoms with Crippen molar-refractivity contribution in [1.29, 1.82) is 0 Å². The Hall–Kier alpha value is -3.44. The Bertz CT molecular complexity index is 1470. The minimum absolute atomic E-state index is 0.235. The third-order valence-electron chi connectivity index (χ3n) is 7.66. The fourth-order valence-corrected chi connectivity index (χ4v) is 12.2. The van der Waals surface area contributed by atoms with Crippen LogP contribution in [0.4, 0.5) is 0 Å². The molecule has 0 radical (unpaired) electrons. The predicted octanol–water partition coefficient (Wildman–Crippen LogP) is 7.88. The third-order valence-corrected chi connectivity index (χ3v) is 13.1. The Morgan fingerprint density at radius 3 is 1.41 bits per heavy atom. The zero-order valence-electron chi connectivity index (χ0n) is 24.8. The van der Waals surface area contributed by atoms with Crippen molar-refractivity contribution in [2.24, 2.45) is 0 Å². The number of allylic oxidation sites excluding steroid dienone is 5. The minimum Gasteiger partial charge on any atom is -0.496 e. The van der Waals surface area contributed by atoms with Crippen LogP contribution in [0.1, 0.15) is 22.3 Å². The number of rotatable bonds is 9. The Labute approximate surface area is 247 Å². The monoisotopic (exact) mass is 576 g/mol. The van der Waals surface area contributed by atoms with E-state index in [-0.39, 0.29) is 5.66 Å². The number of hydrogen-bond acceptors (Lipinski definition) is 2. The molecule has 1 unspecified atom stereocenters. The molecule has 0 N–H and O–H groups in total. The highest BCUT2D eigenvalue weighted by Gasteiger charge is 2.36. The van der Waals surface area contributed by atoms with Gasteiger partial charge in [0.1, 0.15) is 11.5 Å². The molecular weight excluding hydrogens is 538 g/mol. The number of methoxy groups -OCH3 is 2. The molecule has 0 saturated carbocycles. The summed E-state index contributed by atoms with van der Waals surface area (Å²) in [7, 11) is 1.91. The van der Waals surface area contributed by atoms with Gasteiger partial charge in [0.05, 0.1) is 14.2 Å². The number of aryl methyl sites for hydroxylation is 4. The maximum Gasteiger partial charge on any atom is 0.124 e. The van der Waals surface area contributed by atoms with Crippen molar-refractivity contribution in [3.8, 4) is 11.5 Å². The molecule has 0 spiro atoms. The maximum atomic E-state index is 5.78. The molecule has 208 valence electrons. The second kappa shape index (κ2) is 12.6. The minimum atomic E-state index is -0.898. The highest BCUT2D eigenvalue weighted by molar-refractivity contribution is 7.80. The summed E-state index contributed by atoms with van der Waals surface area (Å²) in [4.78, 5) is 0. The molecule has 1 aliphatic carbocycles. The van der Waals surface area contributed by atoms with Crippen molar-refractivity contribution < 1.29 is 9.47 Å². The Morgan fingerprint density at radius 2 is 1.05 bits per heavy atom. The lowest BCUT2D eigenvalue weighted by atomic mass is 10.1. The van der Waals surface area contributed by atoms with Crippen molar-refractivity contribution in [2.75, 3.05) is 14.2 Å². The lowest BCUT2D eigenvalue weighted by molar-refractivity contribution is 0.408. The van der Waals surface area contributed by atoms with E-state index in [4.69, 9.17) is 9.47 Å². The molecule has 0 aliphatic heterocycles. The smallest absolute Gasteiger partial charge is 0.124 e. The van der Waals surface area contributed by atoms with Gasteiger partial charge >= 0.3 is 0 Å². The molecule has 0 amide bonds. The van der Waals surface area contributed by atoms with E-state index in [9.17, 15) is 0 Å². The van der Waals surface area contributed by atoms with Crippen LogP contribution in [0, 0.1) is 27.7 Å². The van der Waals surface area contributed by atoms with Crippen LogP contribution >= 0.6 is 15.8 Å². The van der Waals surface area contributed by atoms with E-state index in [0.29, 0.717) is 0 Å². The van der Waals surface area contributed by atoms with E-state index in [1.54, 1.807) is 14.2 Å². The molecule has 0 aromatic heterocycles. The second-order valence-electron chi connectivity index (χ2n) is 10.5. The van der Waals surface area contributed by atoms with Gasteiger partial charge in [-0.05, 0) is 122 Å². The van der Waals surface area contributed by atoms with Crippen LogP contribution in [0.3, 0.4) is 0 Å². The molecule has 4 aromatic rings. The van der Waals surface area contributed by atoms with Gasteiger partial charge in [0.15, 0.2) is 0 Å². The van der Waals surface area contributed by atoms with E-state index < -0.39 is 15.8 Å². The van der Waals surface area contributed by atoms with Crippen LogP contribution in [0.25, 0.3) is 0 Å². The van der Waals surface area contributed by atoms with Crippen molar-refractivity contribution in [3.63, 3.8) is 0 Å². The first-order chi connectivity index (χ1) is 19.9. The maximum absolute atomic E-state index is 5.78. The Kier molecular flexibility index (Phi) is 8.94. The molecule has 1 aliphatic rings. The summed E-state index contributed by atoms with van der Waals surface area (Å²) < 4.78 is 11.6. The van der Waals surface area contributed by atoms with Crippen molar-refractivity contribution in [2.45, 2.75) is 33.4 Å². The molecule has 0 saturated heterocycles. The average Bonchev–Trinajstić information content (AvgIpc) is 3.37. The van der Waals surface area contributed by atoms with E-state index >= 15 is 0 Å². The molecule has 4 aromatic carbocycles. The predicted molar refractivity (Wildman–Crippen MR) is 180 cm³/mol. The molecule has 5 rings (SSSR count). The van der Waals surface area contributed by atoms with Gasteiger partial charge < -0.3 is 9.47 Å². The molecule has 4 heteroatoms. The summed E-state index contributed by atoms with van der Waals surface area (Å²) in [5, 5.41) is 6.88. The first kappa shape index (κ1) is 29.1. The van der Waals surface area contributed by atoms with Crippen molar-refractivity contribution in [1.82, 2.24) is 0 Å². The summed E-state index contributed by atoms with van der Waals surface area (Å²) in [5.74, 6) is 1.92. The topological polar surface area (TPSA) is 18.5 Å². The molecule has 0 heterocycles. The largest absolute Gasteiger partial charge is 0.496 e. The van der Waals surface area contributed by atoms with Gasteiger partial charge in [-0.2, -0.15) is 0 Å². The number of benzene rings is 4. The fourth-order valence-electron chi connectivity index (χ4n) is 6.02. The summed E-state index contributed by atoms with van der Waals surface area (Å²) in [6.45, 7) is 12.9. The van der Waals surface area contributed by atoms with Crippen LogP contribution in [0.15, 0.2) is 121 Å². The van der Waals surface area contributed by atoms with Gasteiger partial charge in [-0.25, -0.2) is 0 Å². The zero-order chi connectivity index (χ0) is 29.1. The summed E-state index contributed by atoms with van der Waals surface area (Å²) in [5.41, 5.74) is 6.11. The molecular formula is C37H38O2P2. The number of hydrogen-bond donors (Lipinski definition) is 0. The zero-order valence-corrected chi connectivity index (χ0v) is 26.6. The van der Waals surface area contributed by atoms with Gasteiger partial charge in [0, 0.05) is 5.66 Å². The molecule has 2 nitrogen and oxygen atoms in total. The standard InChI is InChI=1S/C37H38O2P2/c1-8-29-19-20-34(40(30-15-11-9-12-16-30)31-17-13-10-14-18-31)37(29)41(32-21-25(2)35(38-6)26(3)22-32)33-23-27(4)36(39-7)28(5)24-33/h8-24,34H,1H2,2-7H3. The van der Waals surface area contributed by atoms with Crippen LogP contribution in [-0.4, -0.2) is 19.9 Å². The fraction of sp³-hybridized carbons (Fsp3) is 0.189. The SMILES string of the molecule is C=CC1=C(P(c2cc(C)c(OC)c(C)c2)c2cc(C)c(OC)c(C)c2)C(P(c2ccccc2)c2ccccc2)C=C1. The quantitative estimate of drug-likeness (QED) is 0.189. The summed E-state index contributed by atoms with van der Waals surface area (Å²) in [6.07, 6.45) is 6.78. The van der Waals surface area contributed by atoms with Crippen LogP contribution in [0.2, 0.25) is 0 Å². The Balaban J connectivity index is 1.79. The number of ether oxygens (including phenoxy) is 2. The summed E-state index contributed by atoms with van der Waals surface area (Å²) in [6, 6.07) is 31.4. The van der Waals surface area contributed by atoms with Gasteiger partial charge in [0.25, 0.3) is 0 Å². The first-order valence-corrected chi connectivity index (χ1v) is 16.7. The average molecular weight is 577 g/mol. The van der Waals surface area contributed by atoms with Crippen LogP contribution < -0.4 is 30.7 Å². The van der Waals surface area contributed by atoms with E-state index in [2.05, 4.69) is 137 Å². The molecule has 1 atom stereocenters. The first-order valence-electron chi connectivity index (χ1n) is 13.9.